The van der Waals surface area contributed by atoms with Gasteiger partial charge in [0.15, 0.2) is 17.1 Å². The molecule has 3 aromatic carbocycles. The Morgan fingerprint density at radius 1 is 1.00 bits per heavy atom. The van der Waals surface area contributed by atoms with Gasteiger partial charge < -0.3 is 14.9 Å². The normalized spacial score (nSPS) is 11.4. The summed E-state index contributed by atoms with van der Waals surface area (Å²) in [4.78, 5) is 12.9. The number of ether oxygens (including phenoxy) is 1. The standard InChI is InChI=1S/C22H20N2O4/c1-28-20-13-12-16(14-19(20)25)15-23-24-21(26)22(27,17-8-4-2-5-9-17)18-10-6-3-7-11-18/h2-15,25,27H,1H3,(H,24,26)/b23-15+. The van der Waals surface area contributed by atoms with E-state index in [0.29, 0.717) is 22.4 Å². The second-order valence-electron chi connectivity index (χ2n) is 6.07. The van der Waals surface area contributed by atoms with Gasteiger partial charge in [0.25, 0.3) is 5.91 Å². The Morgan fingerprint density at radius 2 is 1.57 bits per heavy atom. The molecular weight excluding hydrogens is 356 g/mol. The van der Waals surface area contributed by atoms with Gasteiger partial charge in [0, 0.05) is 0 Å². The van der Waals surface area contributed by atoms with E-state index in [2.05, 4.69) is 10.5 Å². The lowest BCUT2D eigenvalue weighted by Gasteiger charge is -2.27. The number of methoxy groups -OCH3 is 1. The summed E-state index contributed by atoms with van der Waals surface area (Å²) in [6.07, 6.45) is 1.37. The third-order valence-corrected chi connectivity index (χ3v) is 4.29. The maximum Gasteiger partial charge on any atom is 0.281 e. The van der Waals surface area contributed by atoms with Crippen LogP contribution >= 0.6 is 0 Å². The molecule has 142 valence electrons. The molecule has 0 fully saturated rings. The van der Waals surface area contributed by atoms with E-state index in [1.54, 1.807) is 72.8 Å². The monoisotopic (exact) mass is 376 g/mol. The van der Waals surface area contributed by atoms with Gasteiger partial charge in [-0.3, -0.25) is 4.79 Å². The van der Waals surface area contributed by atoms with Gasteiger partial charge in [0.2, 0.25) is 0 Å². The molecule has 1 amide bonds. The molecule has 0 bridgehead atoms. The fraction of sp³-hybridized carbons (Fsp3) is 0.0909. The number of carbonyl (C=O) groups is 1. The number of nitrogens with one attached hydrogen (secondary N) is 1. The Bertz CT molecular complexity index is 933. The van der Waals surface area contributed by atoms with Crippen LogP contribution in [0.3, 0.4) is 0 Å². The van der Waals surface area contributed by atoms with Crippen LogP contribution in [0, 0.1) is 0 Å². The van der Waals surface area contributed by atoms with Crippen molar-refractivity contribution >= 4 is 12.1 Å². The lowest BCUT2D eigenvalue weighted by atomic mass is 9.85. The van der Waals surface area contributed by atoms with E-state index in [4.69, 9.17) is 4.74 Å². The zero-order valence-electron chi connectivity index (χ0n) is 15.2. The van der Waals surface area contributed by atoms with Gasteiger partial charge in [-0.1, -0.05) is 60.7 Å². The van der Waals surface area contributed by atoms with Crippen molar-refractivity contribution < 1.29 is 19.7 Å². The summed E-state index contributed by atoms with van der Waals surface area (Å²) < 4.78 is 4.99. The molecule has 6 heteroatoms. The first-order chi connectivity index (χ1) is 13.6. The molecule has 0 aliphatic heterocycles. The van der Waals surface area contributed by atoms with Crippen molar-refractivity contribution in [1.82, 2.24) is 5.43 Å². The molecule has 0 radical (unpaired) electrons. The van der Waals surface area contributed by atoms with E-state index in [1.165, 1.54) is 19.4 Å². The van der Waals surface area contributed by atoms with Crippen molar-refractivity contribution in [2.45, 2.75) is 5.60 Å². The average molecular weight is 376 g/mol. The minimum atomic E-state index is -1.90. The summed E-state index contributed by atoms with van der Waals surface area (Å²) in [5, 5.41) is 25.0. The van der Waals surface area contributed by atoms with Crippen LogP contribution in [0.25, 0.3) is 0 Å². The van der Waals surface area contributed by atoms with Gasteiger partial charge in [-0.25, -0.2) is 5.43 Å². The molecule has 0 spiro atoms. The minimum absolute atomic E-state index is 0.0390. The number of hydrazone groups is 1. The third kappa shape index (κ3) is 3.87. The highest BCUT2D eigenvalue weighted by Crippen LogP contribution is 2.30. The number of phenolic OH excluding ortho intramolecular Hbond substituents is 1. The van der Waals surface area contributed by atoms with Crippen LogP contribution in [0.4, 0.5) is 0 Å². The van der Waals surface area contributed by atoms with Gasteiger partial charge in [-0.15, -0.1) is 0 Å². The molecule has 0 heterocycles. The predicted octanol–water partition coefficient (Wildman–Crippen LogP) is 2.79. The molecule has 3 aromatic rings. The predicted molar refractivity (Wildman–Crippen MR) is 106 cm³/mol. The highest BCUT2D eigenvalue weighted by molar-refractivity contribution is 5.91. The van der Waals surface area contributed by atoms with Crippen molar-refractivity contribution in [2.75, 3.05) is 7.11 Å². The van der Waals surface area contributed by atoms with Crippen molar-refractivity contribution in [3.05, 3.63) is 95.6 Å². The van der Waals surface area contributed by atoms with Crippen LogP contribution in [0.1, 0.15) is 16.7 Å². The zero-order valence-corrected chi connectivity index (χ0v) is 15.2. The fourth-order valence-corrected chi connectivity index (χ4v) is 2.82. The first-order valence-corrected chi connectivity index (χ1v) is 8.59. The summed E-state index contributed by atoms with van der Waals surface area (Å²) in [6, 6.07) is 22.0. The summed E-state index contributed by atoms with van der Waals surface area (Å²) in [5.41, 5.74) is 1.89. The average Bonchev–Trinajstić information content (AvgIpc) is 2.74. The van der Waals surface area contributed by atoms with Crippen molar-refractivity contribution in [3.8, 4) is 11.5 Å². The van der Waals surface area contributed by atoms with E-state index in [9.17, 15) is 15.0 Å². The third-order valence-electron chi connectivity index (χ3n) is 4.29. The van der Waals surface area contributed by atoms with Gasteiger partial charge in [0.1, 0.15) is 0 Å². The quantitative estimate of drug-likeness (QED) is 0.456. The highest BCUT2D eigenvalue weighted by atomic mass is 16.5. The lowest BCUT2D eigenvalue weighted by molar-refractivity contribution is -0.136. The molecule has 0 aromatic heterocycles. The van der Waals surface area contributed by atoms with E-state index >= 15 is 0 Å². The van der Waals surface area contributed by atoms with Crippen LogP contribution in [-0.4, -0.2) is 29.4 Å². The maximum atomic E-state index is 12.9. The topological polar surface area (TPSA) is 91.2 Å². The van der Waals surface area contributed by atoms with Crippen LogP contribution in [-0.2, 0) is 10.4 Å². The molecule has 0 saturated carbocycles. The number of hydrogen-bond donors (Lipinski definition) is 3. The molecule has 0 atom stereocenters. The molecule has 3 rings (SSSR count). The SMILES string of the molecule is COc1ccc(/C=N/NC(=O)C(O)(c2ccccc2)c2ccccc2)cc1O. The van der Waals surface area contributed by atoms with Crippen molar-refractivity contribution in [1.29, 1.82) is 0 Å². The van der Waals surface area contributed by atoms with Gasteiger partial charge in [0.05, 0.1) is 13.3 Å². The van der Waals surface area contributed by atoms with Crippen LogP contribution in [0.2, 0.25) is 0 Å². The largest absolute Gasteiger partial charge is 0.504 e. The molecule has 3 N–H and O–H groups in total. The molecule has 0 aliphatic rings. The summed E-state index contributed by atoms with van der Waals surface area (Å²) in [5.74, 6) is -0.398. The number of nitrogens with zero attached hydrogens (tertiary/aromatic N) is 1. The number of rotatable bonds is 6. The Labute approximate surface area is 162 Å². The lowest BCUT2D eigenvalue weighted by Crippen LogP contribution is -2.43. The van der Waals surface area contributed by atoms with Gasteiger partial charge in [-0.05, 0) is 34.9 Å². The number of amides is 1. The van der Waals surface area contributed by atoms with Crippen LogP contribution in [0.5, 0.6) is 11.5 Å². The molecule has 0 saturated heterocycles. The minimum Gasteiger partial charge on any atom is -0.504 e. The van der Waals surface area contributed by atoms with E-state index < -0.39 is 11.5 Å². The van der Waals surface area contributed by atoms with E-state index in [-0.39, 0.29) is 5.75 Å². The summed E-state index contributed by atoms with van der Waals surface area (Å²) in [7, 11) is 1.46. The highest BCUT2D eigenvalue weighted by Gasteiger charge is 2.39. The van der Waals surface area contributed by atoms with Crippen molar-refractivity contribution in [2.24, 2.45) is 5.10 Å². The van der Waals surface area contributed by atoms with Crippen molar-refractivity contribution in [3.63, 3.8) is 0 Å². The number of benzene rings is 3. The summed E-state index contributed by atoms with van der Waals surface area (Å²) >= 11 is 0. The number of carbonyl (C=O) groups excluding carboxylic acids is 1. The second kappa shape index (κ2) is 8.37. The van der Waals surface area contributed by atoms with Crippen LogP contribution < -0.4 is 10.2 Å². The maximum absolute atomic E-state index is 12.9. The number of aliphatic hydroxyl groups is 1. The smallest absolute Gasteiger partial charge is 0.281 e. The number of hydrogen-bond acceptors (Lipinski definition) is 5. The summed E-state index contributed by atoms with van der Waals surface area (Å²) in [6.45, 7) is 0. The zero-order chi connectivity index (χ0) is 20.0. The molecule has 0 unspecified atom stereocenters. The molecule has 0 aliphatic carbocycles. The second-order valence-corrected chi connectivity index (χ2v) is 6.07. The Kier molecular flexibility index (Phi) is 5.72. The number of phenols is 1. The van der Waals surface area contributed by atoms with E-state index in [0.717, 1.165) is 0 Å². The molecule has 6 nitrogen and oxygen atoms in total. The Morgan fingerprint density at radius 3 is 2.07 bits per heavy atom. The first kappa shape index (κ1) is 19.1. The molecule has 28 heavy (non-hydrogen) atoms. The van der Waals surface area contributed by atoms with Gasteiger partial charge in [-0.2, -0.15) is 5.10 Å². The Hall–Kier alpha value is -3.64. The fourth-order valence-electron chi connectivity index (χ4n) is 2.82. The number of aromatic hydroxyl groups is 1. The van der Waals surface area contributed by atoms with Crippen LogP contribution in [0.15, 0.2) is 84.0 Å². The van der Waals surface area contributed by atoms with Gasteiger partial charge >= 0.3 is 0 Å². The Balaban J connectivity index is 1.86. The first-order valence-electron chi connectivity index (χ1n) is 8.59. The molecular formula is C22H20N2O4. The van der Waals surface area contributed by atoms with E-state index in [1.807, 2.05) is 0 Å².